The molecule has 0 rings (SSSR count). The molecule has 0 aliphatic rings. The number of nitrogens with zero attached hydrogens (tertiary/aromatic N) is 1. The first-order chi connectivity index (χ1) is 14.0. The second-order valence-electron chi connectivity index (χ2n) is 7.55. The third kappa shape index (κ3) is 14.9. The Morgan fingerprint density at radius 3 is 1.48 bits per heavy atom. The van der Waals surface area contributed by atoms with Gasteiger partial charge >= 0.3 is 0 Å². The third-order valence-electron chi connectivity index (χ3n) is 5.04. The fourth-order valence-electron chi connectivity index (χ4n) is 2.98. The highest BCUT2D eigenvalue weighted by molar-refractivity contribution is 5.76. The van der Waals surface area contributed by atoms with Gasteiger partial charge in [0.2, 0.25) is 11.8 Å². The van der Waals surface area contributed by atoms with Crippen molar-refractivity contribution in [3.63, 3.8) is 0 Å². The number of unbranched alkanes of at least 4 members (excludes halogenated alkanes) is 6. The fourth-order valence-corrected chi connectivity index (χ4v) is 2.98. The average Bonchev–Trinajstić information content (AvgIpc) is 2.72. The SMILES string of the molecule is C=CCCCCCC(=O)NCC[N+](CO)(CO)CCNC(=O)CCCCCC=C. The number of nitrogens with one attached hydrogen (secondary N) is 2. The summed E-state index contributed by atoms with van der Waals surface area (Å²) < 4.78 is 0.0270. The molecule has 0 radical (unpaired) electrons. The minimum Gasteiger partial charge on any atom is -0.350 e. The van der Waals surface area contributed by atoms with Crippen molar-refractivity contribution >= 4 is 11.8 Å². The lowest BCUT2D eigenvalue weighted by atomic mass is 10.1. The number of quaternary nitrogens is 1. The zero-order valence-corrected chi connectivity index (χ0v) is 18.0. The van der Waals surface area contributed by atoms with E-state index in [1.165, 1.54) is 0 Å². The summed E-state index contributed by atoms with van der Waals surface area (Å²) in [7, 11) is 0. The average molecular weight is 413 g/mol. The van der Waals surface area contributed by atoms with Crippen LogP contribution < -0.4 is 10.6 Å². The predicted octanol–water partition coefficient (Wildman–Crippen LogP) is 2.21. The summed E-state index contributed by atoms with van der Waals surface area (Å²) in [6, 6.07) is 0. The Kier molecular flexibility index (Phi) is 17.3. The second-order valence-corrected chi connectivity index (χ2v) is 7.55. The summed E-state index contributed by atoms with van der Waals surface area (Å²) in [5.41, 5.74) is 0. The van der Waals surface area contributed by atoms with Crippen LogP contribution in [0.5, 0.6) is 0 Å². The number of allylic oxidation sites excluding steroid dienone is 2. The first-order valence-electron chi connectivity index (χ1n) is 10.9. The van der Waals surface area contributed by atoms with Crippen LogP contribution in [0.4, 0.5) is 0 Å². The lowest BCUT2D eigenvalue weighted by Crippen LogP contribution is -2.56. The maximum atomic E-state index is 11.9. The van der Waals surface area contributed by atoms with Gasteiger partial charge in [-0.25, -0.2) is 0 Å². The highest BCUT2D eigenvalue weighted by atomic mass is 16.3. The van der Waals surface area contributed by atoms with E-state index in [0.29, 0.717) is 39.0 Å². The molecule has 0 aromatic carbocycles. The largest absolute Gasteiger partial charge is 0.350 e. The van der Waals surface area contributed by atoms with Crippen LogP contribution in [0.2, 0.25) is 0 Å². The maximum Gasteiger partial charge on any atom is 0.220 e. The van der Waals surface area contributed by atoms with E-state index >= 15 is 0 Å². The number of aliphatic hydroxyl groups excluding tert-OH is 2. The van der Waals surface area contributed by atoms with Crippen LogP contribution >= 0.6 is 0 Å². The topological polar surface area (TPSA) is 98.7 Å². The summed E-state index contributed by atoms with van der Waals surface area (Å²) in [6.07, 6.45) is 12.5. The van der Waals surface area contributed by atoms with E-state index in [9.17, 15) is 19.8 Å². The minimum absolute atomic E-state index is 0.0117. The first-order valence-corrected chi connectivity index (χ1v) is 10.9. The molecule has 0 unspecified atom stereocenters. The van der Waals surface area contributed by atoms with Crippen molar-refractivity contribution in [1.29, 1.82) is 0 Å². The molecule has 0 heterocycles. The van der Waals surface area contributed by atoms with Gasteiger partial charge in [0.25, 0.3) is 0 Å². The van der Waals surface area contributed by atoms with Crippen LogP contribution in [0.1, 0.15) is 64.2 Å². The molecular weight excluding hydrogens is 370 g/mol. The van der Waals surface area contributed by atoms with E-state index < -0.39 is 0 Å². The zero-order valence-electron chi connectivity index (χ0n) is 18.0. The number of amides is 2. The van der Waals surface area contributed by atoms with E-state index in [0.717, 1.165) is 51.4 Å². The Hall–Kier alpha value is -1.70. The van der Waals surface area contributed by atoms with Crippen molar-refractivity contribution in [2.75, 3.05) is 39.6 Å². The van der Waals surface area contributed by atoms with Crippen molar-refractivity contribution in [3.8, 4) is 0 Å². The third-order valence-corrected chi connectivity index (χ3v) is 5.04. The van der Waals surface area contributed by atoms with Gasteiger partial charge in [0, 0.05) is 12.8 Å². The molecule has 0 aliphatic heterocycles. The zero-order chi connectivity index (χ0) is 21.8. The van der Waals surface area contributed by atoms with Gasteiger partial charge in [-0.05, 0) is 38.5 Å². The van der Waals surface area contributed by atoms with Crippen LogP contribution in [-0.2, 0) is 9.59 Å². The lowest BCUT2D eigenvalue weighted by Gasteiger charge is -2.34. The van der Waals surface area contributed by atoms with Gasteiger partial charge in [0.05, 0.1) is 26.2 Å². The van der Waals surface area contributed by atoms with Crippen LogP contribution in [-0.4, -0.2) is 66.2 Å². The Morgan fingerprint density at radius 2 is 1.14 bits per heavy atom. The van der Waals surface area contributed by atoms with Crippen LogP contribution in [0.25, 0.3) is 0 Å². The molecule has 0 fully saturated rings. The number of carbonyl (C=O) groups is 2. The Labute approximate surface area is 176 Å². The lowest BCUT2D eigenvalue weighted by molar-refractivity contribution is -0.959. The molecule has 0 spiro atoms. The van der Waals surface area contributed by atoms with Gasteiger partial charge in [0.15, 0.2) is 13.5 Å². The highest BCUT2D eigenvalue weighted by Crippen LogP contribution is 2.05. The van der Waals surface area contributed by atoms with Gasteiger partial charge in [0.1, 0.15) is 0 Å². The summed E-state index contributed by atoms with van der Waals surface area (Å²) in [4.78, 5) is 23.8. The van der Waals surface area contributed by atoms with Gasteiger partial charge in [-0.15, -0.1) is 13.2 Å². The van der Waals surface area contributed by atoms with Gasteiger partial charge in [-0.3, -0.25) is 14.1 Å². The number of hydrogen-bond donors (Lipinski definition) is 4. The number of rotatable bonds is 20. The molecule has 0 bridgehead atoms. The van der Waals surface area contributed by atoms with Crippen LogP contribution in [0.3, 0.4) is 0 Å². The number of hydrogen-bond acceptors (Lipinski definition) is 4. The van der Waals surface area contributed by atoms with Gasteiger partial charge < -0.3 is 20.8 Å². The summed E-state index contributed by atoms with van der Waals surface area (Å²) in [5, 5.41) is 25.2. The molecule has 7 nitrogen and oxygen atoms in total. The van der Waals surface area contributed by atoms with Crippen LogP contribution in [0.15, 0.2) is 25.3 Å². The Morgan fingerprint density at radius 1 is 0.724 bits per heavy atom. The van der Waals surface area contributed by atoms with Gasteiger partial charge in [-0.2, -0.15) is 0 Å². The van der Waals surface area contributed by atoms with E-state index in [1.807, 2.05) is 12.2 Å². The maximum absolute atomic E-state index is 11.9. The van der Waals surface area contributed by atoms with Crippen molar-refractivity contribution < 1.29 is 24.3 Å². The minimum atomic E-state index is -0.245. The molecule has 4 N–H and O–H groups in total. The Bertz CT molecular complexity index is 427. The summed E-state index contributed by atoms with van der Waals surface area (Å²) >= 11 is 0. The molecule has 0 aliphatic carbocycles. The molecule has 0 saturated carbocycles. The quantitative estimate of drug-likeness (QED) is 0.107. The molecule has 0 atom stereocenters. The predicted molar refractivity (Wildman–Crippen MR) is 117 cm³/mol. The monoisotopic (exact) mass is 412 g/mol. The number of carbonyl (C=O) groups excluding carboxylic acids is 2. The van der Waals surface area contributed by atoms with Gasteiger partial charge in [-0.1, -0.05) is 25.0 Å². The summed E-state index contributed by atoms with van der Waals surface area (Å²) in [5.74, 6) is -0.0234. The highest BCUT2D eigenvalue weighted by Gasteiger charge is 2.25. The molecule has 0 aromatic rings. The van der Waals surface area contributed by atoms with Crippen molar-refractivity contribution in [2.24, 2.45) is 0 Å². The fraction of sp³-hybridized carbons (Fsp3) is 0.727. The molecule has 0 saturated heterocycles. The van der Waals surface area contributed by atoms with E-state index in [2.05, 4.69) is 23.8 Å². The first kappa shape index (κ1) is 27.3. The van der Waals surface area contributed by atoms with Crippen molar-refractivity contribution in [3.05, 3.63) is 25.3 Å². The van der Waals surface area contributed by atoms with E-state index in [4.69, 9.17) is 0 Å². The Balaban J connectivity index is 4.04. The molecule has 7 heteroatoms. The van der Waals surface area contributed by atoms with Crippen molar-refractivity contribution in [2.45, 2.75) is 64.2 Å². The second kappa shape index (κ2) is 18.3. The summed E-state index contributed by atoms with van der Waals surface area (Å²) in [6.45, 7) is 8.44. The smallest absolute Gasteiger partial charge is 0.220 e. The molecule has 0 aromatic heterocycles. The van der Waals surface area contributed by atoms with Crippen LogP contribution in [0, 0.1) is 0 Å². The molecule has 168 valence electrons. The van der Waals surface area contributed by atoms with E-state index in [-0.39, 0.29) is 29.8 Å². The normalized spacial score (nSPS) is 11.1. The molecule has 2 amide bonds. The standard InChI is InChI=1S/C22H41N3O4/c1-3-5-7-9-11-13-21(28)23-15-17-25(19-26,20-27)18-16-24-22(29)14-12-10-8-6-4-2/h3-4,26-27H,1-2,5-20H2,(H-,23,24,28,29)/p+1. The molecule has 29 heavy (non-hydrogen) atoms. The number of aliphatic hydroxyl groups is 2. The van der Waals surface area contributed by atoms with Crippen molar-refractivity contribution in [1.82, 2.24) is 10.6 Å². The van der Waals surface area contributed by atoms with E-state index in [1.54, 1.807) is 0 Å². The molecular formula is C22H42N3O4+.